The molecule has 0 unspecified atom stereocenters. The largest absolute Gasteiger partial charge is 0.472 e. The van der Waals surface area contributed by atoms with Crippen molar-refractivity contribution in [1.82, 2.24) is 10.2 Å². The summed E-state index contributed by atoms with van der Waals surface area (Å²) in [6.45, 7) is 4.16. The van der Waals surface area contributed by atoms with Crippen molar-refractivity contribution in [3.05, 3.63) is 60.1 Å². The number of likely N-dealkylation sites (tertiary alicyclic amines) is 1. The van der Waals surface area contributed by atoms with Crippen LogP contribution in [0, 0.1) is 5.92 Å². The summed E-state index contributed by atoms with van der Waals surface area (Å²) in [5, 5.41) is 3.12. The summed E-state index contributed by atoms with van der Waals surface area (Å²) in [6, 6.07) is 11.6. The molecular weight excluding hydrogens is 328 g/mol. The normalized spacial score (nSPS) is 16.3. The molecule has 1 atom stereocenters. The van der Waals surface area contributed by atoms with E-state index in [1.807, 2.05) is 42.2 Å². The van der Waals surface area contributed by atoms with E-state index >= 15 is 0 Å². The number of piperidine rings is 1. The van der Waals surface area contributed by atoms with Crippen molar-refractivity contribution in [3.8, 4) is 0 Å². The standard InChI is InChI=1S/C21H26N2O3/c1-2-19(17-6-4-3-5-7-17)20(24)22-14-16-8-11-23(12-9-16)21(25)18-10-13-26-15-18/h3-7,10,13,15-16,19H,2,8-9,11-12,14H2,1H3,(H,22,24)/t19-/m1/s1. The van der Waals surface area contributed by atoms with Gasteiger partial charge in [0.15, 0.2) is 0 Å². The van der Waals surface area contributed by atoms with Crippen molar-refractivity contribution < 1.29 is 14.0 Å². The van der Waals surface area contributed by atoms with Crippen LogP contribution in [0.4, 0.5) is 0 Å². The zero-order chi connectivity index (χ0) is 18.4. The summed E-state index contributed by atoms with van der Waals surface area (Å²) in [5.41, 5.74) is 1.67. The highest BCUT2D eigenvalue weighted by atomic mass is 16.3. The number of nitrogens with one attached hydrogen (secondary N) is 1. The third-order valence-corrected chi connectivity index (χ3v) is 5.16. The fourth-order valence-electron chi connectivity index (χ4n) is 3.53. The topological polar surface area (TPSA) is 62.6 Å². The Morgan fingerprint density at radius 1 is 1.19 bits per heavy atom. The second kappa shape index (κ2) is 8.70. The Bertz CT molecular complexity index is 704. The van der Waals surface area contributed by atoms with Crippen molar-refractivity contribution in [3.63, 3.8) is 0 Å². The fraction of sp³-hybridized carbons (Fsp3) is 0.429. The average Bonchev–Trinajstić information content (AvgIpc) is 3.22. The fourth-order valence-corrected chi connectivity index (χ4v) is 3.53. The lowest BCUT2D eigenvalue weighted by atomic mass is 9.93. The summed E-state index contributed by atoms with van der Waals surface area (Å²) in [4.78, 5) is 26.7. The lowest BCUT2D eigenvalue weighted by Gasteiger charge is -2.32. The Morgan fingerprint density at radius 2 is 1.92 bits per heavy atom. The van der Waals surface area contributed by atoms with Gasteiger partial charge in [0.05, 0.1) is 17.7 Å². The first-order chi connectivity index (χ1) is 12.7. The summed E-state index contributed by atoms with van der Waals surface area (Å²) in [6.07, 6.45) is 5.61. The summed E-state index contributed by atoms with van der Waals surface area (Å²) < 4.78 is 4.99. The molecule has 0 bridgehead atoms. The lowest BCUT2D eigenvalue weighted by Crippen LogP contribution is -2.42. The molecule has 5 heteroatoms. The minimum absolute atomic E-state index is 0.0244. The van der Waals surface area contributed by atoms with Crippen LogP contribution in [-0.2, 0) is 4.79 Å². The zero-order valence-electron chi connectivity index (χ0n) is 15.2. The van der Waals surface area contributed by atoms with E-state index in [2.05, 4.69) is 5.32 Å². The number of rotatable bonds is 6. The molecule has 2 heterocycles. The van der Waals surface area contributed by atoms with Gasteiger partial charge in [0.25, 0.3) is 5.91 Å². The number of carbonyl (C=O) groups excluding carboxylic acids is 2. The number of amides is 2. The molecule has 5 nitrogen and oxygen atoms in total. The molecule has 0 spiro atoms. The summed E-state index contributed by atoms with van der Waals surface area (Å²) in [5.74, 6) is 0.437. The highest BCUT2D eigenvalue weighted by Gasteiger charge is 2.25. The van der Waals surface area contributed by atoms with Crippen molar-refractivity contribution in [2.24, 2.45) is 5.92 Å². The molecule has 3 rings (SSSR count). The highest BCUT2D eigenvalue weighted by molar-refractivity contribution is 5.93. The molecular formula is C21H26N2O3. The van der Waals surface area contributed by atoms with Crippen LogP contribution >= 0.6 is 0 Å². The lowest BCUT2D eigenvalue weighted by molar-refractivity contribution is -0.122. The van der Waals surface area contributed by atoms with E-state index in [4.69, 9.17) is 4.42 Å². The van der Waals surface area contributed by atoms with Crippen LogP contribution in [0.2, 0.25) is 0 Å². The SMILES string of the molecule is CC[C@@H](C(=O)NCC1CCN(C(=O)c2ccoc2)CC1)c1ccccc1. The van der Waals surface area contributed by atoms with Crippen LogP contribution in [0.5, 0.6) is 0 Å². The van der Waals surface area contributed by atoms with Gasteiger partial charge in [0, 0.05) is 19.6 Å². The molecule has 0 saturated carbocycles. The first kappa shape index (κ1) is 18.2. The number of hydrogen-bond acceptors (Lipinski definition) is 3. The van der Waals surface area contributed by atoms with Gasteiger partial charge in [-0.3, -0.25) is 9.59 Å². The van der Waals surface area contributed by atoms with Crippen LogP contribution in [0.25, 0.3) is 0 Å². The molecule has 1 fully saturated rings. The molecule has 1 aromatic carbocycles. The molecule has 2 aromatic rings. The smallest absolute Gasteiger partial charge is 0.257 e. The third-order valence-electron chi connectivity index (χ3n) is 5.16. The molecule has 0 aliphatic carbocycles. The Balaban J connectivity index is 1.46. The quantitative estimate of drug-likeness (QED) is 0.864. The van der Waals surface area contributed by atoms with Crippen molar-refractivity contribution in [2.45, 2.75) is 32.1 Å². The minimum Gasteiger partial charge on any atom is -0.472 e. The van der Waals surface area contributed by atoms with Gasteiger partial charge in [0.1, 0.15) is 6.26 Å². The molecule has 26 heavy (non-hydrogen) atoms. The van der Waals surface area contributed by atoms with Gasteiger partial charge in [-0.05, 0) is 36.8 Å². The van der Waals surface area contributed by atoms with Gasteiger partial charge < -0.3 is 14.6 Å². The van der Waals surface area contributed by atoms with Gasteiger partial charge in [-0.2, -0.15) is 0 Å². The van der Waals surface area contributed by atoms with Crippen LogP contribution in [0.3, 0.4) is 0 Å². The maximum atomic E-state index is 12.6. The van der Waals surface area contributed by atoms with E-state index < -0.39 is 0 Å². The first-order valence-corrected chi connectivity index (χ1v) is 9.33. The summed E-state index contributed by atoms with van der Waals surface area (Å²) in [7, 11) is 0. The molecule has 138 valence electrons. The van der Waals surface area contributed by atoms with Gasteiger partial charge in [-0.1, -0.05) is 37.3 Å². The van der Waals surface area contributed by atoms with E-state index in [-0.39, 0.29) is 17.7 Å². The van der Waals surface area contributed by atoms with E-state index in [0.717, 1.165) is 37.9 Å². The molecule has 0 radical (unpaired) electrons. The van der Waals surface area contributed by atoms with Crippen LogP contribution in [0.1, 0.15) is 48.0 Å². The highest BCUT2D eigenvalue weighted by Crippen LogP contribution is 2.21. The summed E-state index contributed by atoms with van der Waals surface area (Å²) >= 11 is 0. The van der Waals surface area contributed by atoms with Crippen molar-refractivity contribution in [2.75, 3.05) is 19.6 Å². The number of hydrogen-bond donors (Lipinski definition) is 1. The predicted molar refractivity (Wildman–Crippen MR) is 99.8 cm³/mol. The van der Waals surface area contributed by atoms with Gasteiger partial charge in [0.2, 0.25) is 5.91 Å². The van der Waals surface area contributed by atoms with E-state index in [1.54, 1.807) is 6.07 Å². The second-order valence-electron chi connectivity index (χ2n) is 6.86. The molecule has 1 aromatic heterocycles. The van der Waals surface area contributed by atoms with E-state index in [0.29, 0.717) is 18.0 Å². The Hall–Kier alpha value is -2.56. The first-order valence-electron chi connectivity index (χ1n) is 9.33. The number of nitrogens with zero attached hydrogens (tertiary/aromatic N) is 1. The molecule has 1 N–H and O–H groups in total. The van der Waals surface area contributed by atoms with Crippen molar-refractivity contribution in [1.29, 1.82) is 0 Å². The average molecular weight is 354 g/mol. The molecule has 1 aliphatic heterocycles. The number of benzene rings is 1. The van der Waals surface area contributed by atoms with Gasteiger partial charge in [-0.25, -0.2) is 0 Å². The predicted octanol–water partition coefficient (Wildman–Crippen LogP) is 3.44. The Kier molecular flexibility index (Phi) is 6.10. The molecule has 1 aliphatic rings. The van der Waals surface area contributed by atoms with Crippen LogP contribution in [-0.4, -0.2) is 36.3 Å². The molecule has 1 saturated heterocycles. The minimum atomic E-state index is -0.0982. The van der Waals surface area contributed by atoms with E-state index in [1.165, 1.54) is 12.5 Å². The maximum absolute atomic E-state index is 12.6. The van der Waals surface area contributed by atoms with Crippen LogP contribution in [0.15, 0.2) is 53.3 Å². The number of carbonyl (C=O) groups is 2. The van der Waals surface area contributed by atoms with E-state index in [9.17, 15) is 9.59 Å². The van der Waals surface area contributed by atoms with Gasteiger partial charge >= 0.3 is 0 Å². The Labute approximate surface area is 154 Å². The van der Waals surface area contributed by atoms with Gasteiger partial charge in [-0.15, -0.1) is 0 Å². The zero-order valence-corrected chi connectivity index (χ0v) is 15.2. The number of furan rings is 1. The van der Waals surface area contributed by atoms with Crippen LogP contribution < -0.4 is 5.32 Å². The third kappa shape index (κ3) is 4.34. The van der Waals surface area contributed by atoms with Crippen molar-refractivity contribution >= 4 is 11.8 Å². The second-order valence-corrected chi connectivity index (χ2v) is 6.86. The maximum Gasteiger partial charge on any atom is 0.257 e. The Morgan fingerprint density at radius 3 is 2.54 bits per heavy atom. The molecule has 2 amide bonds. The monoisotopic (exact) mass is 354 g/mol.